The molecule has 0 aliphatic carbocycles. The highest BCUT2D eigenvalue weighted by molar-refractivity contribution is 6.00. The number of aromatic nitrogens is 2. The Bertz CT molecular complexity index is 1330. The van der Waals surface area contributed by atoms with E-state index >= 15 is 0 Å². The molecular weight excluding hydrogens is 482 g/mol. The summed E-state index contributed by atoms with van der Waals surface area (Å²) in [7, 11) is 2.66. The largest absolute Gasteiger partial charge is 0.494 e. The number of hydrogen-bond acceptors (Lipinski definition) is 7. The molecule has 0 spiro atoms. The monoisotopic (exact) mass is 515 g/mol. The number of benzene rings is 2. The van der Waals surface area contributed by atoms with Crippen molar-refractivity contribution in [3.8, 4) is 22.7 Å². The van der Waals surface area contributed by atoms with Crippen LogP contribution < -0.4 is 10.1 Å². The van der Waals surface area contributed by atoms with Crippen molar-refractivity contribution in [3.63, 3.8) is 0 Å². The van der Waals surface area contributed by atoms with Gasteiger partial charge < -0.3 is 19.5 Å². The molecule has 1 aliphatic rings. The standard InChI is InChI=1S/C30H33N3O5/c1-6-7-17-38-23-15-13-21(14-16-23)28-24(18-33(32-28)22-11-9-8-10-12-22)27-25(29(34)36-4)19(2)31-20(3)26(27)30(35)37-5/h8-16,18,27,31H,6-7,17H2,1-5H3. The summed E-state index contributed by atoms with van der Waals surface area (Å²) in [4.78, 5) is 26.2. The Morgan fingerprint density at radius 1 is 0.921 bits per heavy atom. The lowest BCUT2D eigenvalue weighted by molar-refractivity contribution is -0.137. The number of para-hydroxylation sites is 1. The number of esters is 2. The fourth-order valence-corrected chi connectivity index (χ4v) is 4.65. The quantitative estimate of drug-likeness (QED) is 0.305. The van der Waals surface area contributed by atoms with E-state index in [-0.39, 0.29) is 0 Å². The van der Waals surface area contributed by atoms with Crippen LogP contribution in [0.15, 0.2) is 83.3 Å². The van der Waals surface area contributed by atoms with Crippen LogP contribution in [0.3, 0.4) is 0 Å². The fraction of sp³-hybridized carbons (Fsp3) is 0.300. The van der Waals surface area contributed by atoms with E-state index in [1.54, 1.807) is 18.5 Å². The lowest BCUT2D eigenvalue weighted by atomic mass is 9.79. The summed E-state index contributed by atoms with van der Waals surface area (Å²) in [5, 5.41) is 8.08. The number of hydrogen-bond donors (Lipinski definition) is 1. The smallest absolute Gasteiger partial charge is 0.336 e. The van der Waals surface area contributed by atoms with Gasteiger partial charge in [-0.2, -0.15) is 5.10 Å². The van der Waals surface area contributed by atoms with Crippen molar-refractivity contribution in [2.45, 2.75) is 39.5 Å². The number of ether oxygens (including phenoxy) is 3. The minimum Gasteiger partial charge on any atom is -0.494 e. The second-order valence-corrected chi connectivity index (χ2v) is 9.06. The van der Waals surface area contributed by atoms with Crippen LogP contribution in [0.25, 0.3) is 16.9 Å². The minimum atomic E-state index is -0.760. The molecule has 0 atom stereocenters. The molecule has 0 amide bonds. The summed E-state index contributed by atoms with van der Waals surface area (Å²) in [6.07, 6.45) is 3.89. The molecule has 0 fully saturated rings. The van der Waals surface area contributed by atoms with Crippen molar-refractivity contribution in [3.05, 3.63) is 88.9 Å². The van der Waals surface area contributed by atoms with E-state index in [1.165, 1.54) is 14.2 Å². The normalized spacial score (nSPS) is 13.8. The third-order valence-corrected chi connectivity index (χ3v) is 6.54. The Labute approximate surface area is 222 Å². The first-order valence-electron chi connectivity index (χ1n) is 12.6. The van der Waals surface area contributed by atoms with Crippen LogP contribution in [0, 0.1) is 0 Å². The van der Waals surface area contributed by atoms with Crippen LogP contribution in [-0.2, 0) is 19.1 Å². The van der Waals surface area contributed by atoms with Gasteiger partial charge in [-0.05, 0) is 56.7 Å². The predicted octanol–water partition coefficient (Wildman–Crippen LogP) is 5.30. The van der Waals surface area contributed by atoms with Crippen molar-refractivity contribution in [1.29, 1.82) is 0 Å². The predicted molar refractivity (Wildman–Crippen MR) is 145 cm³/mol. The van der Waals surface area contributed by atoms with Crippen molar-refractivity contribution >= 4 is 11.9 Å². The van der Waals surface area contributed by atoms with Crippen LogP contribution in [0.1, 0.15) is 45.1 Å². The molecule has 198 valence electrons. The summed E-state index contributed by atoms with van der Waals surface area (Å²) in [6.45, 7) is 6.36. The molecule has 0 saturated heterocycles. The fourth-order valence-electron chi connectivity index (χ4n) is 4.65. The molecule has 3 aromatic rings. The molecule has 2 aromatic carbocycles. The Morgan fingerprint density at radius 2 is 1.53 bits per heavy atom. The van der Waals surface area contributed by atoms with Crippen LogP contribution >= 0.6 is 0 Å². The molecule has 2 heterocycles. The Hall–Kier alpha value is -4.33. The van der Waals surface area contributed by atoms with Crippen LogP contribution in [0.2, 0.25) is 0 Å². The maximum atomic E-state index is 13.1. The summed E-state index contributed by atoms with van der Waals surface area (Å²) in [5.74, 6) is -1.06. The average Bonchev–Trinajstić information content (AvgIpc) is 3.38. The third kappa shape index (κ3) is 5.34. The number of carbonyl (C=O) groups excluding carboxylic acids is 2. The molecule has 4 rings (SSSR count). The van der Waals surface area contributed by atoms with E-state index in [0.29, 0.717) is 40.4 Å². The zero-order valence-corrected chi connectivity index (χ0v) is 22.4. The van der Waals surface area contributed by atoms with Gasteiger partial charge in [-0.3, -0.25) is 0 Å². The molecule has 1 aliphatic heterocycles. The molecule has 38 heavy (non-hydrogen) atoms. The summed E-state index contributed by atoms with van der Waals surface area (Å²) in [5.41, 5.74) is 4.82. The van der Waals surface area contributed by atoms with E-state index in [2.05, 4.69) is 12.2 Å². The van der Waals surface area contributed by atoms with Crippen LogP contribution in [0.4, 0.5) is 0 Å². The highest BCUT2D eigenvalue weighted by Gasteiger charge is 2.40. The molecule has 0 saturated carbocycles. The Kier molecular flexibility index (Phi) is 8.31. The summed E-state index contributed by atoms with van der Waals surface area (Å²) >= 11 is 0. The van der Waals surface area contributed by atoms with Crippen molar-refractivity contribution in [2.24, 2.45) is 0 Å². The number of nitrogens with zero attached hydrogens (tertiary/aromatic N) is 2. The molecular formula is C30H33N3O5. The van der Waals surface area contributed by atoms with E-state index in [0.717, 1.165) is 29.8 Å². The SMILES string of the molecule is CCCCOc1ccc(-c2nn(-c3ccccc3)cc2C2C(C(=O)OC)=C(C)NC(C)=C2C(=O)OC)cc1. The topological polar surface area (TPSA) is 91.7 Å². The van der Waals surface area contributed by atoms with E-state index < -0.39 is 17.9 Å². The van der Waals surface area contributed by atoms with Crippen LogP contribution in [0.5, 0.6) is 5.75 Å². The van der Waals surface area contributed by atoms with E-state index in [1.807, 2.05) is 60.8 Å². The second kappa shape index (κ2) is 11.8. The number of nitrogens with one attached hydrogen (secondary N) is 1. The summed E-state index contributed by atoms with van der Waals surface area (Å²) in [6, 6.07) is 17.4. The molecule has 1 N–H and O–H groups in total. The maximum Gasteiger partial charge on any atom is 0.336 e. The highest BCUT2D eigenvalue weighted by atomic mass is 16.5. The second-order valence-electron chi connectivity index (χ2n) is 9.06. The number of carbonyl (C=O) groups is 2. The molecule has 0 unspecified atom stereocenters. The lowest BCUT2D eigenvalue weighted by Gasteiger charge is -2.29. The molecule has 1 aromatic heterocycles. The third-order valence-electron chi connectivity index (χ3n) is 6.54. The van der Waals surface area contributed by atoms with Crippen molar-refractivity contribution in [1.82, 2.24) is 15.1 Å². The number of allylic oxidation sites excluding steroid dienone is 2. The van der Waals surface area contributed by atoms with Gasteiger partial charge in [-0.1, -0.05) is 31.5 Å². The van der Waals surface area contributed by atoms with Gasteiger partial charge in [0.2, 0.25) is 0 Å². The van der Waals surface area contributed by atoms with Gasteiger partial charge in [-0.15, -0.1) is 0 Å². The number of unbranched alkanes of at least 4 members (excludes halogenated alkanes) is 1. The van der Waals surface area contributed by atoms with Gasteiger partial charge in [0.05, 0.1) is 49.3 Å². The average molecular weight is 516 g/mol. The number of rotatable bonds is 9. The lowest BCUT2D eigenvalue weighted by Crippen LogP contribution is -2.32. The first-order valence-corrected chi connectivity index (χ1v) is 12.6. The van der Waals surface area contributed by atoms with Crippen molar-refractivity contribution < 1.29 is 23.8 Å². The Morgan fingerprint density at radius 3 is 2.08 bits per heavy atom. The van der Waals surface area contributed by atoms with Gasteiger partial charge in [-0.25, -0.2) is 14.3 Å². The van der Waals surface area contributed by atoms with Crippen LogP contribution in [-0.4, -0.2) is 42.5 Å². The van der Waals surface area contributed by atoms with Gasteiger partial charge in [0.15, 0.2) is 0 Å². The number of dihydropyridines is 1. The summed E-state index contributed by atoms with van der Waals surface area (Å²) < 4.78 is 17.9. The first kappa shape index (κ1) is 26.7. The maximum absolute atomic E-state index is 13.1. The van der Waals surface area contributed by atoms with E-state index in [9.17, 15) is 9.59 Å². The minimum absolute atomic E-state index is 0.326. The van der Waals surface area contributed by atoms with Gasteiger partial charge in [0.25, 0.3) is 0 Å². The van der Waals surface area contributed by atoms with Gasteiger partial charge >= 0.3 is 11.9 Å². The molecule has 8 nitrogen and oxygen atoms in total. The molecule has 0 radical (unpaired) electrons. The molecule has 8 heteroatoms. The molecule has 0 bridgehead atoms. The van der Waals surface area contributed by atoms with Gasteiger partial charge in [0.1, 0.15) is 5.75 Å². The van der Waals surface area contributed by atoms with Crippen molar-refractivity contribution in [2.75, 3.05) is 20.8 Å². The zero-order valence-electron chi connectivity index (χ0n) is 22.4. The first-order chi connectivity index (χ1) is 18.4. The van der Waals surface area contributed by atoms with Gasteiger partial charge in [0, 0.05) is 28.7 Å². The Balaban J connectivity index is 1.92. The highest BCUT2D eigenvalue weighted by Crippen LogP contribution is 2.43. The number of methoxy groups -OCH3 is 2. The zero-order chi connectivity index (χ0) is 27.2. The van der Waals surface area contributed by atoms with E-state index in [4.69, 9.17) is 19.3 Å².